The van der Waals surface area contributed by atoms with Crippen LogP contribution in [-0.2, 0) is 10.8 Å². The van der Waals surface area contributed by atoms with Crippen LogP contribution < -0.4 is 0 Å². The Kier molecular flexibility index (Phi) is 6.43. The Morgan fingerprint density at radius 1 is 0.491 bits per heavy atom. The Labute approximate surface area is 330 Å². The fourth-order valence-corrected chi connectivity index (χ4v) is 10.5. The summed E-state index contributed by atoms with van der Waals surface area (Å²) in [5.74, 6) is 0. The minimum Gasteiger partial charge on any atom is -0.318 e. The molecule has 0 amide bonds. The molecule has 9 aromatic rings. The second-order valence-corrected chi connectivity index (χ2v) is 16.6. The van der Waals surface area contributed by atoms with Crippen molar-refractivity contribution in [2.75, 3.05) is 0 Å². The smallest absolute Gasteiger partial charge is 0.216 e. The Balaban J connectivity index is 1.30. The van der Waals surface area contributed by atoms with E-state index < -0.39 is 0 Å². The molecule has 0 fully saturated rings. The topological polar surface area (TPSA) is 61.8 Å². The van der Waals surface area contributed by atoms with Gasteiger partial charge in [-0.05, 0) is 93.4 Å². The van der Waals surface area contributed by atoms with Gasteiger partial charge in [0.2, 0.25) is 5.69 Å². The van der Waals surface area contributed by atoms with Gasteiger partial charge in [-0.25, -0.2) is 4.85 Å². The lowest BCUT2D eigenvalue weighted by Crippen LogP contribution is -2.15. The van der Waals surface area contributed by atoms with Gasteiger partial charge in [-0.3, -0.25) is 0 Å². The molecule has 0 aliphatic heterocycles. The largest absolute Gasteiger partial charge is 0.318 e. The zero-order valence-corrected chi connectivity index (χ0v) is 32.3. The number of hydrogen-bond acceptors (Lipinski definition) is 2. The predicted molar refractivity (Wildman–Crippen MR) is 231 cm³/mol. The van der Waals surface area contributed by atoms with Crippen molar-refractivity contribution in [3.63, 3.8) is 0 Å². The molecule has 0 saturated carbocycles. The summed E-state index contributed by atoms with van der Waals surface area (Å²) < 4.78 is 4.25. The standard InChI is InChI=1S/C52H35N5/c1-29-38(27-53)49(56-44-21-13-9-17-32(44)36-23-34-30-15-7-11-19-40(30)51(2,3)42(34)25-46(36)56)39(28-54)50(48(29)55-6)57-45-22-14-10-18-33(45)37-24-35-31-16-8-12-20-41(31)52(4,5)43(35)26-47(37)57/h7-26H,1-5H3. The first-order valence-electron chi connectivity index (χ1n) is 19.4. The lowest BCUT2D eigenvalue weighted by Gasteiger charge is -2.23. The predicted octanol–water partition coefficient (Wildman–Crippen LogP) is 13.1. The molecule has 0 unspecified atom stereocenters. The summed E-state index contributed by atoms with van der Waals surface area (Å²) in [7, 11) is 0. The minimum atomic E-state index is -0.261. The van der Waals surface area contributed by atoms with Crippen LogP contribution in [0.15, 0.2) is 121 Å². The van der Waals surface area contributed by atoms with Crippen molar-refractivity contribution in [2.24, 2.45) is 0 Å². The molecule has 0 saturated heterocycles. The normalized spacial score (nSPS) is 14.3. The van der Waals surface area contributed by atoms with E-state index in [2.05, 4.69) is 151 Å². The maximum Gasteiger partial charge on any atom is 0.216 e. The highest BCUT2D eigenvalue weighted by Gasteiger charge is 2.38. The summed E-state index contributed by atoms with van der Waals surface area (Å²) in [4.78, 5) is 4.14. The highest BCUT2D eigenvalue weighted by molar-refractivity contribution is 6.14. The number of fused-ring (bicyclic) bond motifs is 12. The van der Waals surface area contributed by atoms with E-state index in [4.69, 9.17) is 6.57 Å². The second-order valence-electron chi connectivity index (χ2n) is 16.6. The van der Waals surface area contributed by atoms with Crippen molar-refractivity contribution >= 4 is 49.3 Å². The molecule has 5 heteroatoms. The van der Waals surface area contributed by atoms with E-state index in [0.29, 0.717) is 33.8 Å². The van der Waals surface area contributed by atoms with Crippen LogP contribution in [0.2, 0.25) is 0 Å². The molecule has 0 N–H and O–H groups in total. The molecule has 0 atom stereocenters. The molecule has 268 valence electrons. The number of nitrogens with zero attached hydrogens (tertiary/aromatic N) is 5. The van der Waals surface area contributed by atoms with Crippen LogP contribution in [-0.4, -0.2) is 9.13 Å². The van der Waals surface area contributed by atoms with Gasteiger partial charge in [0.05, 0.1) is 51.1 Å². The summed E-state index contributed by atoms with van der Waals surface area (Å²) in [6.45, 7) is 19.6. The van der Waals surface area contributed by atoms with Crippen LogP contribution in [0.4, 0.5) is 5.69 Å². The third-order valence-corrected chi connectivity index (χ3v) is 13.2. The molecule has 0 bridgehead atoms. The molecule has 11 rings (SSSR count). The first kappa shape index (κ1) is 33.0. The number of rotatable bonds is 2. The summed E-state index contributed by atoms with van der Waals surface area (Å²) in [6, 6.07) is 48.0. The fraction of sp³-hybridized carbons (Fsp3) is 0.135. The molecule has 0 radical (unpaired) electrons. The zero-order chi connectivity index (χ0) is 39.1. The monoisotopic (exact) mass is 729 g/mol. The number of aromatic nitrogens is 2. The minimum absolute atomic E-state index is 0.259. The molecule has 2 aromatic heterocycles. The van der Waals surface area contributed by atoms with E-state index in [1.54, 1.807) is 0 Å². The number of para-hydroxylation sites is 2. The zero-order valence-electron chi connectivity index (χ0n) is 32.3. The lowest BCUT2D eigenvalue weighted by atomic mass is 9.82. The van der Waals surface area contributed by atoms with Gasteiger partial charge in [0.15, 0.2) is 0 Å². The molecule has 0 spiro atoms. The van der Waals surface area contributed by atoms with Gasteiger partial charge in [-0.2, -0.15) is 10.5 Å². The van der Waals surface area contributed by atoms with Crippen LogP contribution >= 0.6 is 0 Å². The van der Waals surface area contributed by atoms with E-state index in [1.807, 2.05) is 31.2 Å². The van der Waals surface area contributed by atoms with Crippen molar-refractivity contribution in [3.8, 4) is 45.8 Å². The Bertz CT molecular complexity index is 3230. The van der Waals surface area contributed by atoms with E-state index in [9.17, 15) is 10.5 Å². The maximum atomic E-state index is 11.5. The molecule has 2 aliphatic rings. The van der Waals surface area contributed by atoms with Gasteiger partial charge in [-0.1, -0.05) is 113 Å². The van der Waals surface area contributed by atoms with Crippen molar-refractivity contribution in [3.05, 3.63) is 172 Å². The summed E-state index contributed by atoms with van der Waals surface area (Å²) >= 11 is 0. The molecule has 5 nitrogen and oxygen atoms in total. The molecule has 7 aromatic carbocycles. The van der Waals surface area contributed by atoms with Crippen molar-refractivity contribution in [2.45, 2.75) is 45.4 Å². The third kappa shape index (κ3) is 3.99. The maximum absolute atomic E-state index is 11.5. The van der Waals surface area contributed by atoms with Gasteiger partial charge in [0, 0.05) is 32.4 Å². The van der Waals surface area contributed by atoms with E-state index >= 15 is 0 Å². The summed E-state index contributed by atoms with van der Waals surface area (Å²) in [5.41, 5.74) is 15.4. The van der Waals surface area contributed by atoms with Gasteiger partial charge in [0.1, 0.15) is 12.1 Å². The van der Waals surface area contributed by atoms with Crippen LogP contribution in [0.5, 0.6) is 0 Å². The SMILES string of the molecule is [C-]#[N+]c1c(C)c(C#N)c(-n2c3ccccc3c3cc4c(cc32)C(C)(C)c2ccccc2-4)c(C#N)c1-n1c2ccccc2c2cc3c(cc21)C(C)(C)c1ccccc1-3. The molecule has 57 heavy (non-hydrogen) atoms. The highest BCUT2D eigenvalue weighted by Crippen LogP contribution is 2.54. The number of hydrogen-bond donors (Lipinski definition) is 0. The van der Waals surface area contributed by atoms with Crippen LogP contribution in [0.25, 0.3) is 82.1 Å². The van der Waals surface area contributed by atoms with Gasteiger partial charge >= 0.3 is 0 Å². The Morgan fingerprint density at radius 2 is 0.930 bits per heavy atom. The van der Waals surface area contributed by atoms with Crippen molar-refractivity contribution in [1.29, 1.82) is 10.5 Å². The summed E-state index contributed by atoms with van der Waals surface area (Å²) in [5, 5.41) is 26.8. The number of benzene rings is 7. The average molecular weight is 730 g/mol. The van der Waals surface area contributed by atoms with Crippen molar-refractivity contribution in [1.82, 2.24) is 9.13 Å². The van der Waals surface area contributed by atoms with Gasteiger partial charge in [-0.15, -0.1) is 0 Å². The summed E-state index contributed by atoms with van der Waals surface area (Å²) in [6.07, 6.45) is 0. The van der Waals surface area contributed by atoms with Crippen LogP contribution in [0, 0.1) is 36.2 Å². The van der Waals surface area contributed by atoms with Gasteiger partial charge in [0.25, 0.3) is 0 Å². The van der Waals surface area contributed by atoms with E-state index in [0.717, 1.165) is 43.6 Å². The lowest BCUT2D eigenvalue weighted by molar-refractivity contribution is 0.661. The average Bonchev–Trinajstić information content (AvgIpc) is 3.87. The molecular formula is C52H35N5. The quantitative estimate of drug-likeness (QED) is 0.166. The molecule has 2 heterocycles. The first-order valence-corrected chi connectivity index (χ1v) is 19.4. The highest BCUT2D eigenvalue weighted by atomic mass is 15.0. The van der Waals surface area contributed by atoms with E-state index in [1.165, 1.54) is 44.5 Å². The van der Waals surface area contributed by atoms with Crippen LogP contribution in [0.3, 0.4) is 0 Å². The Morgan fingerprint density at radius 3 is 1.40 bits per heavy atom. The van der Waals surface area contributed by atoms with Gasteiger partial charge < -0.3 is 9.13 Å². The van der Waals surface area contributed by atoms with E-state index in [-0.39, 0.29) is 10.8 Å². The fourth-order valence-electron chi connectivity index (χ4n) is 10.5. The molecular weight excluding hydrogens is 695 g/mol. The first-order chi connectivity index (χ1) is 27.6. The second kappa shape index (κ2) is 11.1. The van der Waals surface area contributed by atoms with Crippen LogP contribution in [0.1, 0.15) is 66.6 Å². The Hall–Kier alpha value is -7.39. The number of nitriles is 2. The third-order valence-electron chi connectivity index (χ3n) is 13.2. The van der Waals surface area contributed by atoms with Crippen molar-refractivity contribution < 1.29 is 0 Å². The molecule has 2 aliphatic carbocycles.